The molecule has 0 radical (unpaired) electrons. The van der Waals surface area contributed by atoms with Gasteiger partial charge in [-0.1, -0.05) is 36.4 Å². The van der Waals surface area contributed by atoms with Crippen LogP contribution < -0.4 is 9.47 Å². The summed E-state index contributed by atoms with van der Waals surface area (Å²) in [7, 11) is 1.82. The molecule has 3 aromatic rings. The Morgan fingerprint density at radius 3 is 2.90 bits per heavy atom. The topological polar surface area (TPSA) is 56.6 Å². The summed E-state index contributed by atoms with van der Waals surface area (Å²) in [6.45, 7) is 2.58. The van der Waals surface area contributed by atoms with Crippen LogP contribution >= 0.6 is 0 Å². The lowest BCUT2D eigenvalue weighted by atomic mass is 9.86. The first-order valence-corrected chi connectivity index (χ1v) is 10.4. The van der Waals surface area contributed by atoms with Crippen molar-refractivity contribution in [3.63, 3.8) is 0 Å². The molecule has 2 heterocycles. The van der Waals surface area contributed by atoms with E-state index in [-0.39, 0.29) is 18.7 Å². The minimum Gasteiger partial charge on any atom is -0.454 e. The summed E-state index contributed by atoms with van der Waals surface area (Å²) in [5.74, 6) is 1.46. The van der Waals surface area contributed by atoms with Crippen LogP contribution in [0.4, 0.5) is 0 Å². The summed E-state index contributed by atoms with van der Waals surface area (Å²) < 4.78 is 12.9. The van der Waals surface area contributed by atoms with Gasteiger partial charge in [0.15, 0.2) is 11.5 Å². The number of benzene rings is 2. The number of amides is 1. The van der Waals surface area contributed by atoms with Crippen molar-refractivity contribution in [2.24, 2.45) is 7.05 Å². The number of rotatable bonds is 4. The van der Waals surface area contributed by atoms with Gasteiger partial charge in [0.25, 0.3) is 5.91 Å². The Bertz CT molecular complexity index is 1100. The molecule has 6 nitrogen and oxygen atoms in total. The maximum Gasteiger partial charge on any atom is 0.272 e. The highest BCUT2D eigenvalue weighted by Gasteiger charge is 2.32. The molecule has 0 bridgehead atoms. The fourth-order valence-electron chi connectivity index (χ4n) is 4.63. The first-order chi connectivity index (χ1) is 14.6. The number of ether oxygens (including phenoxy) is 2. The molecule has 0 saturated heterocycles. The van der Waals surface area contributed by atoms with Crippen LogP contribution in [0.3, 0.4) is 0 Å². The molecule has 0 unspecified atom stereocenters. The van der Waals surface area contributed by atoms with Crippen LogP contribution in [-0.4, -0.2) is 27.4 Å². The Labute approximate surface area is 176 Å². The van der Waals surface area contributed by atoms with Gasteiger partial charge in [-0.15, -0.1) is 0 Å². The van der Waals surface area contributed by atoms with E-state index in [0.717, 1.165) is 42.0 Å². The number of nitrogens with zero attached hydrogens (tertiary/aromatic N) is 3. The van der Waals surface area contributed by atoms with E-state index in [0.29, 0.717) is 12.2 Å². The highest BCUT2D eigenvalue weighted by atomic mass is 16.7. The minimum absolute atomic E-state index is 0.0100. The summed E-state index contributed by atoms with van der Waals surface area (Å²) in [5.41, 5.74) is 4.95. The Balaban J connectivity index is 1.58. The third kappa shape index (κ3) is 3.22. The van der Waals surface area contributed by atoms with E-state index in [1.54, 1.807) is 4.68 Å². The van der Waals surface area contributed by atoms with Crippen LogP contribution in [0.15, 0.2) is 48.5 Å². The molecule has 1 aliphatic carbocycles. The van der Waals surface area contributed by atoms with E-state index in [4.69, 9.17) is 9.47 Å². The summed E-state index contributed by atoms with van der Waals surface area (Å²) in [6.07, 6.45) is 3.05. The van der Waals surface area contributed by atoms with Gasteiger partial charge in [-0.3, -0.25) is 9.48 Å². The zero-order chi connectivity index (χ0) is 20.7. The first-order valence-electron chi connectivity index (χ1n) is 10.4. The van der Waals surface area contributed by atoms with Crippen molar-refractivity contribution in [1.29, 1.82) is 0 Å². The summed E-state index contributed by atoms with van der Waals surface area (Å²) in [5, 5.41) is 4.39. The Kier molecular flexibility index (Phi) is 4.69. The number of aromatic nitrogens is 2. The Hall–Kier alpha value is -3.28. The van der Waals surface area contributed by atoms with Crippen LogP contribution in [0.1, 0.15) is 51.8 Å². The van der Waals surface area contributed by atoms with Gasteiger partial charge in [0.2, 0.25) is 6.79 Å². The van der Waals surface area contributed by atoms with Crippen LogP contribution in [0.5, 0.6) is 11.5 Å². The van der Waals surface area contributed by atoms with Crippen molar-refractivity contribution >= 4 is 5.91 Å². The monoisotopic (exact) mass is 403 g/mol. The number of carbonyl (C=O) groups excluding carboxylic acids is 1. The van der Waals surface area contributed by atoms with Crippen molar-refractivity contribution in [3.8, 4) is 11.5 Å². The molecule has 0 N–H and O–H groups in total. The molecular weight excluding hydrogens is 378 g/mol. The zero-order valence-electron chi connectivity index (χ0n) is 17.3. The molecule has 154 valence electrons. The molecule has 0 saturated carbocycles. The van der Waals surface area contributed by atoms with Gasteiger partial charge >= 0.3 is 0 Å². The number of para-hydroxylation sites is 1. The van der Waals surface area contributed by atoms with Gasteiger partial charge in [0, 0.05) is 12.6 Å². The van der Waals surface area contributed by atoms with Gasteiger partial charge in [-0.05, 0) is 49.4 Å². The predicted molar refractivity (Wildman–Crippen MR) is 113 cm³/mol. The Morgan fingerprint density at radius 2 is 2.07 bits per heavy atom. The quantitative estimate of drug-likeness (QED) is 0.656. The second-order valence-electron chi connectivity index (χ2n) is 7.99. The van der Waals surface area contributed by atoms with Crippen LogP contribution in [-0.2, 0) is 20.0 Å². The molecule has 30 heavy (non-hydrogen) atoms. The summed E-state index contributed by atoms with van der Waals surface area (Å²) >= 11 is 0. The third-order valence-corrected chi connectivity index (χ3v) is 6.01. The number of hydrogen-bond acceptors (Lipinski definition) is 4. The summed E-state index contributed by atoms with van der Waals surface area (Å²) in [4.78, 5) is 15.8. The van der Waals surface area contributed by atoms with Crippen molar-refractivity contribution in [2.75, 3.05) is 6.79 Å². The number of hydrogen-bond donors (Lipinski definition) is 0. The maximum absolute atomic E-state index is 13.8. The van der Waals surface area contributed by atoms with Gasteiger partial charge in [0.05, 0.1) is 18.3 Å². The fourth-order valence-corrected chi connectivity index (χ4v) is 4.63. The molecule has 1 aromatic heterocycles. The third-order valence-electron chi connectivity index (χ3n) is 6.01. The van der Waals surface area contributed by atoms with E-state index in [2.05, 4.69) is 29.4 Å². The van der Waals surface area contributed by atoms with Crippen LogP contribution in [0.2, 0.25) is 0 Å². The second-order valence-corrected chi connectivity index (χ2v) is 7.99. The highest BCUT2D eigenvalue weighted by Crippen LogP contribution is 2.40. The molecular formula is C24H25N3O3. The largest absolute Gasteiger partial charge is 0.454 e. The molecule has 1 atom stereocenters. The number of aryl methyl sites for hydroxylation is 3. The maximum atomic E-state index is 13.8. The average molecular weight is 403 g/mol. The molecule has 0 fully saturated rings. The van der Waals surface area contributed by atoms with E-state index in [1.807, 2.05) is 43.1 Å². The molecule has 1 aliphatic heterocycles. The van der Waals surface area contributed by atoms with Gasteiger partial charge in [0.1, 0.15) is 5.69 Å². The van der Waals surface area contributed by atoms with Crippen molar-refractivity contribution in [1.82, 2.24) is 14.7 Å². The first kappa shape index (κ1) is 18.7. The van der Waals surface area contributed by atoms with E-state index in [9.17, 15) is 4.79 Å². The SMILES string of the molecule is Cc1cc(C(=O)N(Cc2cccc3c2OCO3)[C@@H]2CCCc3ccccc32)n(C)n1. The van der Waals surface area contributed by atoms with E-state index >= 15 is 0 Å². The molecule has 2 aliphatic rings. The predicted octanol–water partition coefficient (Wildman–Crippen LogP) is 4.18. The van der Waals surface area contributed by atoms with Crippen molar-refractivity contribution in [3.05, 3.63) is 76.6 Å². The smallest absolute Gasteiger partial charge is 0.272 e. The minimum atomic E-state index is -0.0173. The zero-order valence-corrected chi connectivity index (χ0v) is 17.3. The van der Waals surface area contributed by atoms with Gasteiger partial charge in [-0.25, -0.2) is 0 Å². The molecule has 5 rings (SSSR count). The van der Waals surface area contributed by atoms with E-state index < -0.39 is 0 Å². The molecule has 1 amide bonds. The lowest BCUT2D eigenvalue weighted by Gasteiger charge is -2.36. The van der Waals surface area contributed by atoms with Crippen molar-refractivity contribution < 1.29 is 14.3 Å². The number of carbonyl (C=O) groups is 1. The van der Waals surface area contributed by atoms with Crippen molar-refractivity contribution in [2.45, 2.75) is 38.8 Å². The van der Waals surface area contributed by atoms with Gasteiger partial charge < -0.3 is 14.4 Å². The van der Waals surface area contributed by atoms with Crippen LogP contribution in [0.25, 0.3) is 0 Å². The Morgan fingerprint density at radius 1 is 1.20 bits per heavy atom. The van der Waals surface area contributed by atoms with E-state index in [1.165, 1.54) is 11.1 Å². The lowest BCUT2D eigenvalue weighted by Crippen LogP contribution is -2.37. The normalized spacial score (nSPS) is 16.9. The molecule has 6 heteroatoms. The fraction of sp³-hybridized carbons (Fsp3) is 0.333. The summed E-state index contributed by atoms with van der Waals surface area (Å²) in [6, 6.07) is 16.2. The second kappa shape index (κ2) is 7.52. The highest BCUT2D eigenvalue weighted by molar-refractivity contribution is 5.93. The van der Waals surface area contributed by atoms with Crippen LogP contribution in [0, 0.1) is 6.92 Å². The van der Waals surface area contributed by atoms with Gasteiger partial charge in [-0.2, -0.15) is 5.10 Å². The lowest BCUT2D eigenvalue weighted by molar-refractivity contribution is 0.0624. The molecule has 0 spiro atoms. The standard InChI is InChI=1S/C24H25N3O3/c1-16-13-21(26(2)25-16)24(28)27(14-18-9-6-12-22-23(18)30-15-29-22)20-11-5-8-17-7-3-4-10-19(17)20/h3-4,6-7,9-10,12-13,20H,5,8,11,14-15H2,1-2H3/t20-/m1/s1. The number of fused-ring (bicyclic) bond motifs is 2. The molecule has 2 aromatic carbocycles. The average Bonchev–Trinajstić information content (AvgIpc) is 3.37.